The summed E-state index contributed by atoms with van der Waals surface area (Å²) in [4.78, 5) is 40.0. The fourth-order valence-electron chi connectivity index (χ4n) is 5.00. The van der Waals surface area contributed by atoms with E-state index in [0.29, 0.717) is 25.2 Å². The molecule has 186 valence electrons. The maximum absolute atomic E-state index is 13.8. The number of aliphatic carboxylic acids is 1. The number of carbonyl (C=O) groups excluding carboxylic acids is 2. The van der Waals surface area contributed by atoms with Crippen molar-refractivity contribution in [2.45, 2.75) is 51.1 Å². The summed E-state index contributed by atoms with van der Waals surface area (Å²) < 4.78 is 13.8. The number of carbonyl (C=O) groups is 3. The zero-order valence-corrected chi connectivity index (χ0v) is 19.8. The fraction of sp³-hybridized carbons (Fsp3) is 0.423. The van der Waals surface area contributed by atoms with Gasteiger partial charge < -0.3 is 25.5 Å². The van der Waals surface area contributed by atoms with Gasteiger partial charge in [-0.05, 0) is 73.4 Å². The number of urea groups is 2. The van der Waals surface area contributed by atoms with Gasteiger partial charge in [0, 0.05) is 38.3 Å². The number of nitrogens with one attached hydrogen (secondary N) is 2. The first-order valence-electron chi connectivity index (χ1n) is 12.0. The van der Waals surface area contributed by atoms with Crippen molar-refractivity contribution in [3.63, 3.8) is 0 Å². The number of para-hydroxylation sites is 1. The Labute approximate surface area is 204 Å². The summed E-state index contributed by atoms with van der Waals surface area (Å²) in [6, 6.07) is 11.2. The van der Waals surface area contributed by atoms with Crippen LogP contribution in [0, 0.1) is 11.7 Å². The van der Waals surface area contributed by atoms with Crippen LogP contribution in [0.4, 0.5) is 25.4 Å². The number of amides is 4. The molecular weight excluding hydrogens is 451 g/mol. The van der Waals surface area contributed by atoms with E-state index in [1.54, 1.807) is 18.2 Å². The molecule has 2 aromatic rings. The van der Waals surface area contributed by atoms with E-state index in [9.17, 15) is 18.8 Å². The highest BCUT2D eigenvalue weighted by atomic mass is 19.1. The Morgan fingerprint density at radius 3 is 2.51 bits per heavy atom. The fourth-order valence-corrected chi connectivity index (χ4v) is 5.00. The first-order valence-corrected chi connectivity index (χ1v) is 12.0. The molecule has 8 nitrogen and oxygen atoms in total. The first kappa shape index (κ1) is 24.5. The highest BCUT2D eigenvalue weighted by Gasteiger charge is 2.31. The number of anilines is 2. The maximum atomic E-state index is 13.8. The van der Waals surface area contributed by atoms with Crippen LogP contribution >= 0.6 is 0 Å². The molecule has 4 rings (SSSR count). The van der Waals surface area contributed by atoms with E-state index >= 15 is 0 Å². The Hall–Kier alpha value is -3.62. The molecule has 4 amide bonds. The first-order chi connectivity index (χ1) is 16.8. The molecule has 1 fully saturated rings. The monoisotopic (exact) mass is 482 g/mol. The number of nitrogens with zero attached hydrogens (tertiary/aromatic N) is 2. The average molecular weight is 483 g/mol. The molecule has 0 bridgehead atoms. The summed E-state index contributed by atoms with van der Waals surface area (Å²) in [6.45, 7) is 1.07. The quantitative estimate of drug-likeness (QED) is 0.563. The third-order valence-corrected chi connectivity index (χ3v) is 7.00. The van der Waals surface area contributed by atoms with Gasteiger partial charge in [-0.2, -0.15) is 0 Å². The summed E-state index contributed by atoms with van der Waals surface area (Å²) in [7, 11) is 1.83. The zero-order chi connectivity index (χ0) is 24.9. The smallest absolute Gasteiger partial charge is 0.323 e. The molecule has 0 saturated heterocycles. The van der Waals surface area contributed by atoms with Gasteiger partial charge in [-0.15, -0.1) is 0 Å². The average Bonchev–Trinajstić information content (AvgIpc) is 2.84. The molecule has 0 aromatic heterocycles. The van der Waals surface area contributed by atoms with Crippen LogP contribution in [-0.4, -0.2) is 52.6 Å². The van der Waals surface area contributed by atoms with Crippen LogP contribution in [0.3, 0.4) is 0 Å². The molecule has 0 atom stereocenters. The van der Waals surface area contributed by atoms with Gasteiger partial charge in [-0.1, -0.05) is 18.2 Å². The molecule has 1 saturated carbocycles. The third kappa shape index (κ3) is 6.09. The second kappa shape index (κ2) is 10.8. The topological polar surface area (TPSA) is 102 Å². The van der Waals surface area contributed by atoms with Gasteiger partial charge in [0.25, 0.3) is 0 Å². The number of hydrogen-bond donors (Lipinski definition) is 3. The molecule has 1 heterocycles. The lowest BCUT2D eigenvalue weighted by Gasteiger charge is -2.38. The van der Waals surface area contributed by atoms with Crippen molar-refractivity contribution in [3.8, 4) is 0 Å². The maximum Gasteiger partial charge on any atom is 0.323 e. The second-order valence-electron chi connectivity index (χ2n) is 9.38. The van der Waals surface area contributed by atoms with Crippen molar-refractivity contribution in [2.75, 3.05) is 24.2 Å². The minimum atomic E-state index is -0.756. The van der Waals surface area contributed by atoms with Crippen LogP contribution in [0.5, 0.6) is 0 Å². The van der Waals surface area contributed by atoms with E-state index < -0.39 is 17.8 Å². The second-order valence-corrected chi connectivity index (χ2v) is 9.38. The molecule has 35 heavy (non-hydrogen) atoms. The minimum Gasteiger partial charge on any atom is -0.481 e. The molecule has 1 aliphatic heterocycles. The SMILES string of the molecule is CN(C(=O)N1CCc2cc(NC(=O)Nc3ccccc3F)ccc2C1)C1CCC(CC(=O)O)CC1. The predicted molar refractivity (Wildman–Crippen MR) is 131 cm³/mol. The van der Waals surface area contributed by atoms with Crippen molar-refractivity contribution in [2.24, 2.45) is 5.92 Å². The van der Waals surface area contributed by atoms with E-state index in [1.165, 1.54) is 12.1 Å². The van der Waals surface area contributed by atoms with E-state index in [1.807, 2.05) is 29.0 Å². The lowest BCUT2D eigenvalue weighted by Crippen LogP contribution is -2.48. The van der Waals surface area contributed by atoms with Gasteiger partial charge >= 0.3 is 18.0 Å². The van der Waals surface area contributed by atoms with Crippen LogP contribution in [0.15, 0.2) is 42.5 Å². The highest BCUT2D eigenvalue weighted by Crippen LogP contribution is 2.30. The van der Waals surface area contributed by atoms with Crippen molar-refractivity contribution in [3.05, 3.63) is 59.4 Å². The number of benzene rings is 2. The predicted octanol–water partition coefficient (Wildman–Crippen LogP) is 4.91. The Kier molecular flexibility index (Phi) is 7.53. The lowest BCUT2D eigenvalue weighted by atomic mass is 9.83. The van der Waals surface area contributed by atoms with Crippen LogP contribution < -0.4 is 10.6 Å². The summed E-state index contributed by atoms with van der Waals surface area (Å²) in [6.07, 6.45) is 4.19. The molecule has 0 spiro atoms. The zero-order valence-electron chi connectivity index (χ0n) is 19.8. The highest BCUT2D eigenvalue weighted by molar-refractivity contribution is 5.99. The standard InChI is InChI=1S/C26H31FN4O4/c1-30(21-10-6-17(7-11-21)14-24(32)33)26(35)31-13-12-18-15-20(9-8-19(18)16-31)28-25(34)29-23-5-3-2-4-22(23)27/h2-5,8-9,15,17,21H,6-7,10-14,16H2,1H3,(H,32,33)(H2,28,29,34). The van der Waals surface area contributed by atoms with Gasteiger partial charge in [0.2, 0.25) is 0 Å². The van der Waals surface area contributed by atoms with Crippen LogP contribution in [0.25, 0.3) is 0 Å². The van der Waals surface area contributed by atoms with Crippen molar-refractivity contribution in [1.82, 2.24) is 9.80 Å². The van der Waals surface area contributed by atoms with Gasteiger partial charge in [-0.3, -0.25) is 4.79 Å². The van der Waals surface area contributed by atoms with E-state index in [4.69, 9.17) is 5.11 Å². The van der Waals surface area contributed by atoms with E-state index in [-0.39, 0.29) is 30.1 Å². The summed E-state index contributed by atoms with van der Waals surface area (Å²) in [5.41, 5.74) is 2.81. The van der Waals surface area contributed by atoms with E-state index in [2.05, 4.69) is 10.6 Å². The van der Waals surface area contributed by atoms with Crippen molar-refractivity contribution < 1.29 is 23.9 Å². The Balaban J connectivity index is 1.31. The molecule has 2 aromatic carbocycles. The Morgan fingerprint density at radius 2 is 1.80 bits per heavy atom. The number of halogens is 1. The Morgan fingerprint density at radius 1 is 1.06 bits per heavy atom. The molecule has 1 aliphatic carbocycles. The van der Waals surface area contributed by atoms with Gasteiger partial charge in [-0.25, -0.2) is 14.0 Å². The molecule has 2 aliphatic rings. The van der Waals surface area contributed by atoms with Crippen molar-refractivity contribution >= 4 is 29.4 Å². The summed E-state index contributed by atoms with van der Waals surface area (Å²) in [5, 5.41) is 14.2. The largest absolute Gasteiger partial charge is 0.481 e. The normalized spacial score (nSPS) is 19.4. The molecule has 0 radical (unpaired) electrons. The number of carboxylic acids is 1. The van der Waals surface area contributed by atoms with Gasteiger partial charge in [0.05, 0.1) is 5.69 Å². The minimum absolute atomic E-state index is 0.0104. The molecular formula is C26H31FN4O4. The molecule has 9 heteroatoms. The number of hydrogen-bond acceptors (Lipinski definition) is 3. The third-order valence-electron chi connectivity index (χ3n) is 7.00. The lowest BCUT2D eigenvalue weighted by molar-refractivity contribution is -0.138. The number of fused-ring (bicyclic) bond motifs is 1. The summed E-state index contributed by atoms with van der Waals surface area (Å²) in [5.74, 6) is -1.06. The number of rotatable bonds is 5. The van der Waals surface area contributed by atoms with Gasteiger partial charge in [0.15, 0.2) is 0 Å². The molecule has 3 N–H and O–H groups in total. The number of carboxylic acid groups (broad SMARTS) is 1. The van der Waals surface area contributed by atoms with Crippen LogP contribution in [0.2, 0.25) is 0 Å². The van der Waals surface area contributed by atoms with E-state index in [0.717, 1.165) is 36.8 Å². The molecule has 0 unspecified atom stereocenters. The van der Waals surface area contributed by atoms with Crippen LogP contribution in [0.1, 0.15) is 43.2 Å². The van der Waals surface area contributed by atoms with Gasteiger partial charge in [0.1, 0.15) is 5.82 Å². The summed E-state index contributed by atoms with van der Waals surface area (Å²) >= 11 is 0. The Bertz CT molecular complexity index is 1100. The van der Waals surface area contributed by atoms with Crippen molar-refractivity contribution in [1.29, 1.82) is 0 Å². The van der Waals surface area contributed by atoms with Crippen LogP contribution in [-0.2, 0) is 17.8 Å².